The number of carbonyl (C=O) groups excluding carboxylic acids is 1. The number of nitrogens with zero attached hydrogens (tertiary/aromatic N) is 5. The zero-order chi connectivity index (χ0) is 26.2. The van der Waals surface area contributed by atoms with Crippen LogP contribution in [0.5, 0.6) is 0 Å². The van der Waals surface area contributed by atoms with Gasteiger partial charge in [0.05, 0.1) is 20.8 Å². The molecule has 5 rings (SSSR count). The highest BCUT2D eigenvalue weighted by Crippen LogP contribution is 2.42. The Labute approximate surface area is 228 Å². The lowest BCUT2D eigenvalue weighted by molar-refractivity contribution is -0.132. The highest BCUT2D eigenvalue weighted by atomic mass is 79.9. The van der Waals surface area contributed by atoms with Gasteiger partial charge in [0.1, 0.15) is 12.1 Å². The average Bonchev–Trinajstić information content (AvgIpc) is 3.46. The van der Waals surface area contributed by atoms with Gasteiger partial charge in [-0.3, -0.25) is 4.79 Å². The SMILES string of the molecule is CCc1cc(SC(F)(F)F)cc(-c2nc(C3CCN(C(=O)Cn4cnc5cccnc54)CC3)sc2Br)c1. The molecule has 194 valence electrons. The molecule has 4 heterocycles. The maximum Gasteiger partial charge on any atom is 0.446 e. The van der Waals surface area contributed by atoms with Gasteiger partial charge in [0.25, 0.3) is 0 Å². The minimum atomic E-state index is -4.35. The maximum atomic E-state index is 13.0. The number of halogens is 4. The van der Waals surface area contributed by atoms with Gasteiger partial charge in [-0.05, 0) is 82.8 Å². The molecule has 1 saturated heterocycles. The standard InChI is InChI=1S/C25H23BrF3N5OS2/c1-2-15-10-17(12-18(11-15)37-25(27,28)29)21-22(26)36-24(32-21)16-5-8-33(9-6-16)20(35)13-34-14-31-19-4-3-7-30-23(19)34/h3-4,7,10-12,14,16H,2,5-6,8-9,13H2,1H3. The Morgan fingerprint density at radius 3 is 2.73 bits per heavy atom. The number of rotatable bonds is 6. The van der Waals surface area contributed by atoms with Crippen molar-refractivity contribution in [1.29, 1.82) is 0 Å². The zero-order valence-corrected chi connectivity index (χ0v) is 23.1. The van der Waals surface area contributed by atoms with Crippen LogP contribution in [0.1, 0.15) is 36.3 Å². The molecule has 3 aromatic heterocycles. The normalized spacial score (nSPS) is 15.0. The lowest BCUT2D eigenvalue weighted by Crippen LogP contribution is -2.39. The van der Waals surface area contributed by atoms with Gasteiger partial charge in [0.2, 0.25) is 5.91 Å². The quantitative estimate of drug-likeness (QED) is 0.223. The van der Waals surface area contributed by atoms with Gasteiger partial charge in [-0.15, -0.1) is 11.3 Å². The molecule has 4 aromatic rings. The summed E-state index contributed by atoms with van der Waals surface area (Å²) in [6, 6.07) is 8.72. The molecule has 0 radical (unpaired) electrons. The summed E-state index contributed by atoms with van der Waals surface area (Å²) in [6.45, 7) is 3.35. The molecule has 0 aliphatic carbocycles. The van der Waals surface area contributed by atoms with Gasteiger partial charge in [-0.2, -0.15) is 13.2 Å². The van der Waals surface area contributed by atoms with Gasteiger partial charge in [0, 0.05) is 35.7 Å². The van der Waals surface area contributed by atoms with E-state index in [4.69, 9.17) is 4.98 Å². The van der Waals surface area contributed by atoms with Crippen LogP contribution < -0.4 is 0 Å². The van der Waals surface area contributed by atoms with Crippen LogP contribution in [-0.4, -0.2) is 48.9 Å². The number of thioether (sulfide) groups is 1. The number of pyridine rings is 1. The van der Waals surface area contributed by atoms with E-state index in [9.17, 15) is 18.0 Å². The van der Waals surface area contributed by atoms with E-state index in [1.807, 2.05) is 30.0 Å². The number of carbonyl (C=O) groups is 1. The largest absolute Gasteiger partial charge is 0.446 e. The minimum absolute atomic E-state index is 0.0236. The summed E-state index contributed by atoms with van der Waals surface area (Å²) in [5, 5.41) is 0.936. The van der Waals surface area contributed by atoms with Crippen molar-refractivity contribution in [3.63, 3.8) is 0 Å². The van der Waals surface area contributed by atoms with Gasteiger partial charge in [-0.1, -0.05) is 6.92 Å². The fourth-order valence-electron chi connectivity index (χ4n) is 4.50. The van der Waals surface area contributed by atoms with Crippen LogP contribution in [0.3, 0.4) is 0 Å². The topological polar surface area (TPSA) is 63.9 Å². The van der Waals surface area contributed by atoms with Crippen LogP contribution in [-0.2, 0) is 17.8 Å². The molecule has 0 saturated carbocycles. The van der Waals surface area contributed by atoms with Crippen molar-refractivity contribution in [2.45, 2.75) is 49.1 Å². The molecule has 1 amide bonds. The van der Waals surface area contributed by atoms with Crippen LogP contribution in [0.4, 0.5) is 13.2 Å². The third-order valence-corrected chi connectivity index (χ3v) is 8.93. The number of imidazole rings is 1. The first kappa shape index (κ1) is 26.2. The van der Waals surface area contributed by atoms with Gasteiger partial charge in [0.15, 0.2) is 5.65 Å². The smallest absolute Gasteiger partial charge is 0.341 e. The monoisotopic (exact) mass is 609 g/mol. The minimum Gasteiger partial charge on any atom is -0.341 e. The summed E-state index contributed by atoms with van der Waals surface area (Å²) in [4.78, 5) is 28.4. The number of hydrogen-bond donors (Lipinski definition) is 0. The second-order valence-corrected chi connectivity index (χ2v) is 12.3. The molecule has 1 aliphatic heterocycles. The van der Waals surface area contributed by atoms with Crippen LogP contribution >= 0.6 is 39.0 Å². The zero-order valence-electron chi connectivity index (χ0n) is 19.8. The number of amides is 1. The second-order valence-electron chi connectivity index (χ2n) is 8.82. The summed E-state index contributed by atoms with van der Waals surface area (Å²) in [6.07, 6.45) is 5.51. The second kappa shape index (κ2) is 10.7. The van der Waals surface area contributed by atoms with Crippen molar-refractivity contribution in [2.75, 3.05) is 13.1 Å². The molecule has 0 unspecified atom stereocenters. The number of hydrogen-bond acceptors (Lipinski definition) is 6. The van der Waals surface area contributed by atoms with Crippen LogP contribution in [0.15, 0.2) is 51.5 Å². The molecule has 0 N–H and O–H groups in total. The fourth-order valence-corrected chi connectivity index (χ4v) is 6.96. The van der Waals surface area contributed by atoms with E-state index in [0.717, 1.165) is 32.7 Å². The number of likely N-dealkylation sites (tertiary alicyclic amines) is 1. The molecular formula is C25H23BrF3N5OS2. The Kier molecular flexibility index (Phi) is 7.60. The van der Waals surface area contributed by atoms with Crippen LogP contribution in [0.25, 0.3) is 22.4 Å². The van der Waals surface area contributed by atoms with Crippen molar-refractivity contribution in [2.24, 2.45) is 0 Å². The van der Waals surface area contributed by atoms with Crippen molar-refractivity contribution in [3.8, 4) is 11.3 Å². The summed E-state index contributed by atoms with van der Waals surface area (Å²) < 4.78 is 41.6. The summed E-state index contributed by atoms with van der Waals surface area (Å²) in [5.41, 5.74) is -0.728. The van der Waals surface area contributed by atoms with Crippen LogP contribution in [0.2, 0.25) is 0 Å². The number of fused-ring (bicyclic) bond motifs is 1. The highest BCUT2D eigenvalue weighted by Gasteiger charge is 2.30. The summed E-state index contributed by atoms with van der Waals surface area (Å²) in [5.74, 6) is 0.212. The van der Waals surface area contributed by atoms with E-state index < -0.39 is 5.51 Å². The van der Waals surface area contributed by atoms with E-state index in [-0.39, 0.29) is 35.0 Å². The lowest BCUT2D eigenvalue weighted by atomic mass is 9.97. The first-order chi connectivity index (χ1) is 17.7. The maximum absolute atomic E-state index is 13.0. The van der Waals surface area contributed by atoms with E-state index >= 15 is 0 Å². The molecule has 37 heavy (non-hydrogen) atoms. The molecule has 0 bridgehead atoms. The number of thiazole rings is 1. The van der Waals surface area contributed by atoms with Gasteiger partial charge in [-0.25, -0.2) is 15.0 Å². The van der Waals surface area contributed by atoms with Gasteiger partial charge >= 0.3 is 5.51 Å². The summed E-state index contributed by atoms with van der Waals surface area (Å²) >= 11 is 5.00. The first-order valence-electron chi connectivity index (χ1n) is 11.8. The molecule has 6 nitrogen and oxygen atoms in total. The average molecular weight is 611 g/mol. The third kappa shape index (κ3) is 6.01. The number of aromatic nitrogens is 4. The predicted molar refractivity (Wildman–Crippen MR) is 143 cm³/mol. The van der Waals surface area contributed by atoms with Gasteiger partial charge < -0.3 is 9.47 Å². The van der Waals surface area contributed by atoms with Crippen molar-refractivity contribution >= 4 is 56.1 Å². The Hall–Kier alpha value is -2.44. The van der Waals surface area contributed by atoms with Crippen molar-refractivity contribution < 1.29 is 18.0 Å². The van der Waals surface area contributed by atoms with E-state index in [1.165, 1.54) is 11.3 Å². The number of aryl methyl sites for hydroxylation is 1. The molecule has 0 spiro atoms. The van der Waals surface area contributed by atoms with E-state index in [1.54, 1.807) is 29.2 Å². The molecule has 1 fully saturated rings. The van der Waals surface area contributed by atoms with E-state index in [2.05, 4.69) is 25.9 Å². The Balaban J connectivity index is 1.27. The number of benzene rings is 1. The molecular weight excluding hydrogens is 587 g/mol. The fraction of sp³-hybridized carbons (Fsp3) is 0.360. The van der Waals surface area contributed by atoms with Crippen LogP contribution in [0, 0.1) is 0 Å². The summed E-state index contributed by atoms with van der Waals surface area (Å²) in [7, 11) is 0. The number of alkyl halides is 3. The third-order valence-electron chi connectivity index (χ3n) is 6.36. The van der Waals surface area contributed by atoms with Crippen molar-refractivity contribution in [3.05, 3.63) is 57.2 Å². The number of piperidine rings is 1. The Bertz CT molecular complexity index is 1430. The highest BCUT2D eigenvalue weighted by molar-refractivity contribution is 9.11. The molecule has 1 aromatic carbocycles. The molecule has 1 aliphatic rings. The Morgan fingerprint density at radius 1 is 1.22 bits per heavy atom. The van der Waals surface area contributed by atoms with Crippen molar-refractivity contribution in [1.82, 2.24) is 24.4 Å². The van der Waals surface area contributed by atoms with E-state index in [0.29, 0.717) is 36.4 Å². The lowest BCUT2D eigenvalue weighted by Gasteiger charge is -2.31. The predicted octanol–water partition coefficient (Wildman–Crippen LogP) is 6.90. The molecule has 12 heteroatoms. The first-order valence-corrected chi connectivity index (χ1v) is 14.2. The Morgan fingerprint density at radius 2 is 2.00 bits per heavy atom. The molecule has 0 atom stereocenters.